The average molecular weight is 235 g/mol. The standard InChI is InChI=1S/C13H17NOS/c14-13(10-5-3-7-15-10)12-8-9-4-1-2-6-11(9)16-12/h5,8,13H,1-4,6-7,14H2. The second-order valence-electron chi connectivity index (χ2n) is 4.53. The topological polar surface area (TPSA) is 35.2 Å². The van der Waals surface area contributed by atoms with Crippen molar-refractivity contribution in [3.05, 3.63) is 33.2 Å². The van der Waals surface area contributed by atoms with Crippen LogP contribution >= 0.6 is 11.3 Å². The van der Waals surface area contributed by atoms with Crippen LogP contribution in [0.15, 0.2) is 17.9 Å². The summed E-state index contributed by atoms with van der Waals surface area (Å²) in [6.07, 6.45) is 8.28. The van der Waals surface area contributed by atoms with Crippen LogP contribution in [0.1, 0.15) is 40.6 Å². The highest BCUT2D eigenvalue weighted by Crippen LogP contribution is 2.35. The van der Waals surface area contributed by atoms with E-state index in [1.165, 1.54) is 36.1 Å². The summed E-state index contributed by atoms with van der Waals surface area (Å²) in [5.41, 5.74) is 7.76. The Labute approximate surface area is 100 Å². The molecule has 2 nitrogen and oxygen atoms in total. The molecule has 2 heterocycles. The first kappa shape index (κ1) is 10.4. The number of rotatable bonds is 2. The third-order valence-electron chi connectivity index (χ3n) is 3.36. The molecule has 86 valence electrons. The van der Waals surface area contributed by atoms with E-state index >= 15 is 0 Å². The van der Waals surface area contributed by atoms with Gasteiger partial charge in [-0.3, -0.25) is 0 Å². The van der Waals surface area contributed by atoms with Gasteiger partial charge in [-0.25, -0.2) is 0 Å². The van der Waals surface area contributed by atoms with Crippen LogP contribution in [0.3, 0.4) is 0 Å². The van der Waals surface area contributed by atoms with Gasteiger partial charge in [0.15, 0.2) is 0 Å². The summed E-state index contributed by atoms with van der Waals surface area (Å²) in [6, 6.07) is 2.27. The predicted molar refractivity (Wildman–Crippen MR) is 66.5 cm³/mol. The van der Waals surface area contributed by atoms with Crippen LogP contribution in [0.4, 0.5) is 0 Å². The summed E-state index contributed by atoms with van der Waals surface area (Å²) < 4.78 is 5.54. The molecule has 0 aromatic carbocycles. The molecule has 0 bridgehead atoms. The fourth-order valence-corrected chi connectivity index (χ4v) is 3.73. The van der Waals surface area contributed by atoms with Crippen molar-refractivity contribution in [2.75, 3.05) is 6.61 Å². The van der Waals surface area contributed by atoms with Gasteiger partial charge >= 0.3 is 0 Å². The van der Waals surface area contributed by atoms with Crippen LogP contribution in [0.5, 0.6) is 0 Å². The van der Waals surface area contributed by atoms with Crippen LogP contribution in [0, 0.1) is 0 Å². The van der Waals surface area contributed by atoms with E-state index in [-0.39, 0.29) is 6.04 Å². The summed E-state index contributed by atoms with van der Waals surface area (Å²) in [4.78, 5) is 2.83. The number of nitrogens with two attached hydrogens (primary N) is 1. The minimum atomic E-state index is -0.0295. The minimum Gasteiger partial charge on any atom is -0.496 e. The lowest BCUT2D eigenvalue weighted by Gasteiger charge is -2.10. The Morgan fingerprint density at radius 2 is 2.19 bits per heavy atom. The molecule has 3 rings (SSSR count). The Hall–Kier alpha value is -0.800. The van der Waals surface area contributed by atoms with Gasteiger partial charge in [-0.05, 0) is 43.4 Å². The van der Waals surface area contributed by atoms with Crippen molar-refractivity contribution in [2.45, 2.75) is 38.1 Å². The maximum absolute atomic E-state index is 6.23. The van der Waals surface area contributed by atoms with E-state index in [4.69, 9.17) is 10.5 Å². The zero-order valence-electron chi connectivity index (χ0n) is 9.37. The van der Waals surface area contributed by atoms with E-state index in [9.17, 15) is 0 Å². The molecule has 0 fully saturated rings. The van der Waals surface area contributed by atoms with Gasteiger partial charge in [0.25, 0.3) is 0 Å². The van der Waals surface area contributed by atoms with E-state index < -0.39 is 0 Å². The fraction of sp³-hybridized carbons (Fsp3) is 0.538. The van der Waals surface area contributed by atoms with Gasteiger partial charge in [0.1, 0.15) is 5.76 Å². The fourth-order valence-electron chi connectivity index (χ4n) is 2.46. The monoisotopic (exact) mass is 235 g/mol. The molecule has 16 heavy (non-hydrogen) atoms. The van der Waals surface area contributed by atoms with E-state index in [1.54, 1.807) is 4.88 Å². The largest absolute Gasteiger partial charge is 0.496 e. The Balaban J connectivity index is 1.85. The Kier molecular flexibility index (Phi) is 2.74. The van der Waals surface area contributed by atoms with E-state index in [0.717, 1.165) is 18.8 Å². The molecule has 0 spiro atoms. The first-order valence-electron chi connectivity index (χ1n) is 6.04. The molecule has 1 aromatic rings. The van der Waals surface area contributed by atoms with Crippen LogP contribution in [-0.4, -0.2) is 6.61 Å². The van der Waals surface area contributed by atoms with Gasteiger partial charge in [-0.15, -0.1) is 11.3 Å². The van der Waals surface area contributed by atoms with Crippen molar-refractivity contribution in [3.63, 3.8) is 0 Å². The van der Waals surface area contributed by atoms with Gasteiger partial charge < -0.3 is 10.5 Å². The van der Waals surface area contributed by atoms with Crippen LogP contribution in [0.25, 0.3) is 0 Å². The second kappa shape index (κ2) is 4.22. The molecule has 2 aliphatic rings. The first-order chi connectivity index (χ1) is 7.84. The number of aryl methyl sites for hydroxylation is 2. The van der Waals surface area contributed by atoms with Crippen LogP contribution < -0.4 is 5.73 Å². The number of fused-ring (bicyclic) bond motifs is 1. The van der Waals surface area contributed by atoms with Gasteiger partial charge in [-0.2, -0.15) is 0 Å². The summed E-state index contributed by atoms with van der Waals surface area (Å²) in [5.74, 6) is 0.971. The van der Waals surface area contributed by atoms with Crippen molar-refractivity contribution >= 4 is 11.3 Å². The number of hydrogen-bond acceptors (Lipinski definition) is 3. The van der Waals surface area contributed by atoms with Gasteiger partial charge in [0, 0.05) is 16.2 Å². The van der Waals surface area contributed by atoms with Crippen LogP contribution in [-0.2, 0) is 17.6 Å². The van der Waals surface area contributed by atoms with Crippen molar-refractivity contribution in [2.24, 2.45) is 5.73 Å². The van der Waals surface area contributed by atoms with E-state index in [0.29, 0.717) is 0 Å². The zero-order chi connectivity index (χ0) is 11.0. The number of thiophene rings is 1. The molecule has 0 amide bonds. The van der Waals surface area contributed by atoms with Crippen molar-refractivity contribution < 1.29 is 4.74 Å². The SMILES string of the molecule is NC(C1=CCCO1)c1cc2c(s1)CCCC2. The van der Waals surface area contributed by atoms with Gasteiger partial charge in [-0.1, -0.05) is 0 Å². The van der Waals surface area contributed by atoms with Crippen LogP contribution in [0.2, 0.25) is 0 Å². The highest BCUT2D eigenvalue weighted by atomic mass is 32.1. The van der Waals surface area contributed by atoms with Crippen molar-refractivity contribution in [3.8, 4) is 0 Å². The lowest BCUT2D eigenvalue weighted by molar-refractivity contribution is 0.226. The third-order valence-corrected chi connectivity index (χ3v) is 4.68. The maximum atomic E-state index is 6.23. The minimum absolute atomic E-state index is 0.0295. The highest BCUT2D eigenvalue weighted by Gasteiger charge is 2.21. The van der Waals surface area contributed by atoms with E-state index in [1.807, 2.05) is 11.3 Å². The highest BCUT2D eigenvalue weighted by molar-refractivity contribution is 7.12. The predicted octanol–water partition coefficient (Wildman–Crippen LogP) is 2.93. The third kappa shape index (κ3) is 1.78. The molecular formula is C13H17NOS. The molecule has 1 aliphatic carbocycles. The lowest BCUT2D eigenvalue weighted by atomic mass is 9.99. The summed E-state index contributed by atoms with van der Waals surface area (Å²) in [5, 5.41) is 0. The zero-order valence-corrected chi connectivity index (χ0v) is 10.2. The van der Waals surface area contributed by atoms with Crippen molar-refractivity contribution in [1.29, 1.82) is 0 Å². The maximum Gasteiger partial charge on any atom is 0.114 e. The molecule has 3 heteroatoms. The molecule has 1 aromatic heterocycles. The van der Waals surface area contributed by atoms with E-state index in [2.05, 4.69) is 12.1 Å². The van der Waals surface area contributed by atoms with Gasteiger partial charge in [0.05, 0.1) is 12.6 Å². The molecule has 0 saturated heterocycles. The number of ether oxygens (including phenoxy) is 1. The number of hydrogen-bond donors (Lipinski definition) is 1. The smallest absolute Gasteiger partial charge is 0.114 e. The van der Waals surface area contributed by atoms with Gasteiger partial charge in [0.2, 0.25) is 0 Å². The molecule has 1 unspecified atom stereocenters. The lowest BCUT2D eigenvalue weighted by Crippen LogP contribution is -2.12. The molecular weight excluding hydrogens is 218 g/mol. The first-order valence-corrected chi connectivity index (χ1v) is 6.86. The Morgan fingerprint density at radius 3 is 2.94 bits per heavy atom. The normalized spacial score (nSPS) is 21.2. The summed E-state index contributed by atoms with van der Waals surface area (Å²) >= 11 is 1.88. The average Bonchev–Trinajstić information content (AvgIpc) is 2.97. The quantitative estimate of drug-likeness (QED) is 0.855. The Morgan fingerprint density at radius 1 is 1.31 bits per heavy atom. The van der Waals surface area contributed by atoms with Crippen molar-refractivity contribution in [1.82, 2.24) is 0 Å². The molecule has 1 aliphatic heterocycles. The molecule has 0 saturated carbocycles. The summed E-state index contributed by atoms with van der Waals surface area (Å²) in [6.45, 7) is 0.800. The second-order valence-corrected chi connectivity index (χ2v) is 5.69. The Bertz CT molecular complexity index is 398. The molecule has 2 N–H and O–H groups in total. The summed E-state index contributed by atoms with van der Waals surface area (Å²) in [7, 11) is 0. The molecule has 0 radical (unpaired) electrons. The molecule has 1 atom stereocenters.